The molecule has 2 aliphatic rings. The molecule has 0 aliphatic carbocycles. The van der Waals surface area contributed by atoms with Crippen molar-refractivity contribution < 1.29 is 14.4 Å². The van der Waals surface area contributed by atoms with Crippen molar-refractivity contribution >= 4 is 29.2 Å². The molecule has 1 atom stereocenters. The first kappa shape index (κ1) is 15.3. The highest BCUT2D eigenvalue weighted by molar-refractivity contribution is 5.99. The van der Waals surface area contributed by atoms with Crippen molar-refractivity contribution in [3.63, 3.8) is 0 Å². The molecule has 0 saturated carbocycles. The van der Waals surface area contributed by atoms with Gasteiger partial charge in [0.1, 0.15) is 6.04 Å². The molecule has 1 saturated heterocycles. The summed E-state index contributed by atoms with van der Waals surface area (Å²) in [7, 11) is 0. The second-order valence-electron chi connectivity index (χ2n) is 5.85. The number of fused-ring (bicyclic) bond motifs is 1. The Morgan fingerprint density at radius 1 is 1.26 bits per heavy atom. The summed E-state index contributed by atoms with van der Waals surface area (Å²) in [5, 5.41) is 5.76. The van der Waals surface area contributed by atoms with E-state index >= 15 is 0 Å². The van der Waals surface area contributed by atoms with Gasteiger partial charge in [-0.05, 0) is 37.1 Å². The second kappa shape index (κ2) is 5.91. The van der Waals surface area contributed by atoms with Crippen molar-refractivity contribution in [1.29, 1.82) is 0 Å². The number of urea groups is 1. The smallest absolute Gasteiger partial charge is 0.324 e. The van der Waals surface area contributed by atoms with Crippen LogP contribution in [0, 0.1) is 0 Å². The monoisotopic (exact) mass is 316 g/mol. The third-order valence-corrected chi connectivity index (χ3v) is 4.23. The number of anilines is 2. The molecule has 0 spiro atoms. The SMILES string of the molecule is CC(=O)N1CCc2cc(NC(C)C(=O)N3CCNC3=O)ccc21. The number of nitrogens with zero attached hydrogens (tertiary/aromatic N) is 2. The summed E-state index contributed by atoms with van der Waals surface area (Å²) in [5.74, 6) is -0.209. The zero-order valence-electron chi connectivity index (χ0n) is 13.3. The summed E-state index contributed by atoms with van der Waals surface area (Å²) in [6.07, 6.45) is 0.807. The molecule has 1 unspecified atom stereocenters. The Kier molecular flexibility index (Phi) is 3.94. The Bertz CT molecular complexity index is 673. The van der Waals surface area contributed by atoms with Gasteiger partial charge in [0.15, 0.2) is 0 Å². The van der Waals surface area contributed by atoms with E-state index in [1.54, 1.807) is 18.7 Å². The van der Waals surface area contributed by atoms with Gasteiger partial charge in [0, 0.05) is 37.9 Å². The lowest BCUT2D eigenvalue weighted by Gasteiger charge is -2.20. The molecule has 7 nitrogen and oxygen atoms in total. The van der Waals surface area contributed by atoms with Gasteiger partial charge in [-0.3, -0.25) is 14.5 Å². The minimum absolute atomic E-state index is 0.0352. The zero-order chi connectivity index (χ0) is 16.6. The van der Waals surface area contributed by atoms with Crippen LogP contribution in [0.1, 0.15) is 19.4 Å². The molecule has 3 rings (SSSR count). The molecule has 1 aromatic rings. The fraction of sp³-hybridized carbons (Fsp3) is 0.438. The van der Waals surface area contributed by atoms with E-state index in [0.717, 1.165) is 23.4 Å². The van der Waals surface area contributed by atoms with Crippen LogP contribution in [0.4, 0.5) is 16.2 Å². The molecule has 1 fully saturated rings. The number of hydrogen-bond donors (Lipinski definition) is 2. The largest absolute Gasteiger partial charge is 0.374 e. The highest BCUT2D eigenvalue weighted by Gasteiger charge is 2.30. The molecule has 2 N–H and O–H groups in total. The van der Waals surface area contributed by atoms with Crippen LogP contribution in [-0.4, -0.2) is 48.4 Å². The van der Waals surface area contributed by atoms with Crippen molar-refractivity contribution in [3.8, 4) is 0 Å². The van der Waals surface area contributed by atoms with Crippen LogP contribution in [0.5, 0.6) is 0 Å². The van der Waals surface area contributed by atoms with Crippen LogP contribution >= 0.6 is 0 Å². The summed E-state index contributed by atoms with van der Waals surface area (Å²) in [5.41, 5.74) is 2.83. The predicted molar refractivity (Wildman–Crippen MR) is 86.4 cm³/mol. The predicted octanol–water partition coefficient (Wildman–Crippen LogP) is 0.948. The minimum Gasteiger partial charge on any atom is -0.374 e. The Morgan fingerprint density at radius 2 is 2.04 bits per heavy atom. The topological polar surface area (TPSA) is 81.8 Å². The van der Waals surface area contributed by atoms with Gasteiger partial charge in [0.25, 0.3) is 5.91 Å². The second-order valence-corrected chi connectivity index (χ2v) is 5.85. The Hall–Kier alpha value is -2.57. The van der Waals surface area contributed by atoms with Crippen molar-refractivity contribution in [2.75, 3.05) is 29.9 Å². The summed E-state index contributed by atoms with van der Waals surface area (Å²) < 4.78 is 0. The number of rotatable bonds is 3. The number of hydrogen-bond acceptors (Lipinski definition) is 4. The Labute approximate surface area is 134 Å². The normalized spacial score (nSPS) is 17.7. The van der Waals surface area contributed by atoms with E-state index in [2.05, 4.69) is 10.6 Å². The first-order valence-electron chi connectivity index (χ1n) is 7.74. The van der Waals surface area contributed by atoms with E-state index in [0.29, 0.717) is 19.6 Å². The Balaban J connectivity index is 1.70. The van der Waals surface area contributed by atoms with Gasteiger partial charge in [-0.2, -0.15) is 0 Å². The fourth-order valence-electron chi connectivity index (χ4n) is 3.05. The van der Waals surface area contributed by atoms with E-state index in [-0.39, 0.29) is 17.8 Å². The molecule has 122 valence electrons. The van der Waals surface area contributed by atoms with E-state index in [4.69, 9.17) is 0 Å². The number of carbonyl (C=O) groups is 3. The van der Waals surface area contributed by atoms with Crippen LogP contribution in [0.2, 0.25) is 0 Å². The van der Waals surface area contributed by atoms with Crippen molar-refractivity contribution in [2.24, 2.45) is 0 Å². The van der Waals surface area contributed by atoms with Gasteiger partial charge in [-0.25, -0.2) is 4.79 Å². The van der Waals surface area contributed by atoms with Crippen molar-refractivity contribution in [2.45, 2.75) is 26.3 Å². The summed E-state index contributed by atoms with van der Waals surface area (Å²) in [4.78, 5) is 38.4. The maximum absolute atomic E-state index is 12.3. The molecule has 4 amide bonds. The standard InChI is InChI=1S/C16H20N4O3/c1-10(15(22)20-8-6-17-16(20)23)18-13-3-4-14-12(9-13)5-7-19(14)11(2)21/h3-4,9-10,18H,5-8H2,1-2H3,(H,17,23). The van der Waals surface area contributed by atoms with Gasteiger partial charge in [0.05, 0.1) is 0 Å². The van der Waals surface area contributed by atoms with Crippen LogP contribution in [-0.2, 0) is 16.0 Å². The molecule has 7 heteroatoms. The van der Waals surface area contributed by atoms with Gasteiger partial charge >= 0.3 is 6.03 Å². The molecule has 0 bridgehead atoms. The van der Waals surface area contributed by atoms with Crippen LogP contribution in [0.3, 0.4) is 0 Å². The molecule has 2 aliphatic heterocycles. The molecule has 0 radical (unpaired) electrons. The number of imide groups is 1. The van der Waals surface area contributed by atoms with Gasteiger partial charge in [0.2, 0.25) is 5.91 Å². The van der Waals surface area contributed by atoms with Crippen LogP contribution < -0.4 is 15.5 Å². The minimum atomic E-state index is -0.498. The lowest BCUT2D eigenvalue weighted by molar-refractivity contribution is -0.128. The lowest BCUT2D eigenvalue weighted by atomic mass is 10.1. The highest BCUT2D eigenvalue weighted by atomic mass is 16.2. The van der Waals surface area contributed by atoms with Crippen LogP contribution in [0.25, 0.3) is 0 Å². The lowest BCUT2D eigenvalue weighted by Crippen LogP contribution is -2.43. The van der Waals surface area contributed by atoms with E-state index < -0.39 is 6.04 Å². The summed E-state index contributed by atoms with van der Waals surface area (Å²) in [6.45, 7) is 4.89. The van der Waals surface area contributed by atoms with Gasteiger partial charge < -0.3 is 15.5 Å². The maximum Gasteiger partial charge on any atom is 0.324 e. The van der Waals surface area contributed by atoms with Crippen LogP contribution in [0.15, 0.2) is 18.2 Å². The Morgan fingerprint density at radius 3 is 2.70 bits per heavy atom. The van der Waals surface area contributed by atoms with Crippen molar-refractivity contribution in [1.82, 2.24) is 10.2 Å². The number of carbonyl (C=O) groups excluding carboxylic acids is 3. The van der Waals surface area contributed by atoms with Gasteiger partial charge in [-0.1, -0.05) is 0 Å². The van der Waals surface area contributed by atoms with E-state index in [1.165, 1.54) is 4.90 Å². The third kappa shape index (κ3) is 2.86. The molecular formula is C16H20N4O3. The first-order valence-corrected chi connectivity index (χ1v) is 7.74. The molecule has 23 heavy (non-hydrogen) atoms. The van der Waals surface area contributed by atoms with Gasteiger partial charge in [-0.15, -0.1) is 0 Å². The fourth-order valence-corrected chi connectivity index (χ4v) is 3.05. The molecule has 2 heterocycles. The summed E-state index contributed by atoms with van der Waals surface area (Å²) in [6, 6.07) is 4.88. The van der Waals surface area contributed by atoms with E-state index in [1.807, 2.05) is 18.2 Å². The quantitative estimate of drug-likeness (QED) is 0.870. The number of nitrogens with one attached hydrogen (secondary N) is 2. The molecule has 0 aromatic heterocycles. The number of benzene rings is 1. The average Bonchev–Trinajstić information content (AvgIpc) is 3.12. The van der Waals surface area contributed by atoms with Crippen molar-refractivity contribution in [3.05, 3.63) is 23.8 Å². The summed E-state index contributed by atoms with van der Waals surface area (Å²) >= 11 is 0. The molecule has 1 aromatic carbocycles. The number of amides is 4. The third-order valence-electron chi connectivity index (χ3n) is 4.23. The first-order chi connectivity index (χ1) is 11.0. The average molecular weight is 316 g/mol. The maximum atomic E-state index is 12.3. The highest BCUT2D eigenvalue weighted by Crippen LogP contribution is 2.30. The van der Waals surface area contributed by atoms with E-state index in [9.17, 15) is 14.4 Å². The zero-order valence-corrected chi connectivity index (χ0v) is 13.3. The molecular weight excluding hydrogens is 296 g/mol.